The van der Waals surface area contributed by atoms with Gasteiger partial charge in [-0.2, -0.15) is 26.3 Å². The van der Waals surface area contributed by atoms with Crippen molar-refractivity contribution >= 4 is 11.9 Å². The Morgan fingerprint density at radius 2 is 1.59 bits per heavy atom. The minimum atomic E-state index is -5.03. The normalized spacial score (nSPS) is 25.2. The number of carbonyl (C=O) groups excluding carboxylic acids is 1. The Kier molecular flexibility index (Phi) is 7.00. The molecular formula is C25H22F7NO4. The average Bonchev–Trinajstić information content (AvgIpc) is 3.16. The lowest BCUT2D eigenvalue weighted by molar-refractivity contribution is -0.150. The van der Waals surface area contributed by atoms with Gasteiger partial charge in [-0.05, 0) is 54.8 Å². The molecule has 2 aliphatic rings. The van der Waals surface area contributed by atoms with E-state index in [1.54, 1.807) is 0 Å². The molecule has 2 aromatic rings. The summed E-state index contributed by atoms with van der Waals surface area (Å²) in [6.07, 6.45) is -12.4. The summed E-state index contributed by atoms with van der Waals surface area (Å²) in [6, 6.07) is 5.74. The van der Waals surface area contributed by atoms with E-state index in [9.17, 15) is 45.4 Å². The molecule has 200 valence electrons. The zero-order chi connectivity index (χ0) is 27.3. The molecule has 2 fully saturated rings. The molecule has 0 radical (unpaired) electrons. The van der Waals surface area contributed by atoms with Crippen molar-refractivity contribution in [2.45, 2.75) is 56.3 Å². The maximum atomic E-state index is 13.6. The number of hydrogen-bond donors (Lipinski definition) is 1. The van der Waals surface area contributed by atoms with Gasteiger partial charge < -0.3 is 14.7 Å². The number of amides is 1. The summed E-state index contributed by atoms with van der Waals surface area (Å²) in [6.45, 7) is 1.25. The fourth-order valence-electron chi connectivity index (χ4n) is 5.14. The molecular weight excluding hydrogens is 511 g/mol. The Hall–Kier alpha value is -3.15. The monoisotopic (exact) mass is 533 g/mol. The second-order valence-electron chi connectivity index (χ2n) is 9.32. The summed E-state index contributed by atoms with van der Waals surface area (Å²) >= 11 is 0. The number of rotatable bonds is 5. The van der Waals surface area contributed by atoms with E-state index in [0.29, 0.717) is 17.7 Å². The van der Waals surface area contributed by atoms with E-state index in [0.717, 1.165) is 0 Å². The number of halogens is 7. The predicted octanol–water partition coefficient (Wildman–Crippen LogP) is 5.80. The largest absolute Gasteiger partial charge is 0.481 e. The Morgan fingerprint density at radius 1 is 1.03 bits per heavy atom. The summed E-state index contributed by atoms with van der Waals surface area (Å²) in [5.74, 6) is -3.80. The molecule has 0 bridgehead atoms. The van der Waals surface area contributed by atoms with Crippen LogP contribution in [-0.2, 0) is 26.7 Å². The van der Waals surface area contributed by atoms with Crippen LogP contribution in [0.3, 0.4) is 0 Å². The molecule has 12 heteroatoms. The van der Waals surface area contributed by atoms with Crippen LogP contribution < -0.4 is 0 Å². The van der Waals surface area contributed by atoms with Crippen molar-refractivity contribution in [2.24, 2.45) is 5.92 Å². The first-order chi connectivity index (χ1) is 17.1. The van der Waals surface area contributed by atoms with Crippen LogP contribution in [0.4, 0.5) is 30.7 Å². The summed E-state index contributed by atoms with van der Waals surface area (Å²) in [7, 11) is 0. The highest BCUT2D eigenvalue weighted by Crippen LogP contribution is 2.44. The minimum Gasteiger partial charge on any atom is -0.481 e. The van der Waals surface area contributed by atoms with Crippen LogP contribution in [0.5, 0.6) is 0 Å². The molecule has 0 aromatic heterocycles. The predicted molar refractivity (Wildman–Crippen MR) is 115 cm³/mol. The van der Waals surface area contributed by atoms with E-state index < -0.39 is 71.3 Å². The highest BCUT2D eigenvalue weighted by Gasteiger charge is 2.50. The van der Waals surface area contributed by atoms with E-state index in [1.807, 2.05) is 0 Å². The molecule has 0 aliphatic carbocycles. The Labute approximate surface area is 206 Å². The SMILES string of the molecule is C[C@@H](O[C@H]1CN2C(=O)CC(C(=O)O)CC2C1c1ccc(F)cc1)c1cc(C(F)(F)F)cc(C(F)(F)F)c1. The Morgan fingerprint density at radius 3 is 2.11 bits per heavy atom. The lowest BCUT2D eigenvalue weighted by atomic mass is 9.82. The molecule has 2 saturated heterocycles. The van der Waals surface area contributed by atoms with Crippen molar-refractivity contribution in [3.63, 3.8) is 0 Å². The van der Waals surface area contributed by atoms with Crippen LogP contribution in [0.2, 0.25) is 0 Å². The van der Waals surface area contributed by atoms with Crippen molar-refractivity contribution < 1.29 is 50.2 Å². The fraction of sp³-hybridized carbons (Fsp3) is 0.440. The van der Waals surface area contributed by atoms with E-state index in [2.05, 4.69) is 0 Å². The highest BCUT2D eigenvalue weighted by atomic mass is 19.4. The molecule has 0 saturated carbocycles. The van der Waals surface area contributed by atoms with E-state index in [-0.39, 0.29) is 31.0 Å². The zero-order valence-corrected chi connectivity index (χ0v) is 19.3. The summed E-state index contributed by atoms with van der Waals surface area (Å²) in [5.41, 5.74) is -2.82. The van der Waals surface area contributed by atoms with Gasteiger partial charge >= 0.3 is 18.3 Å². The van der Waals surface area contributed by atoms with Gasteiger partial charge in [-0.3, -0.25) is 9.59 Å². The van der Waals surface area contributed by atoms with Gasteiger partial charge in [0.05, 0.1) is 29.3 Å². The second-order valence-corrected chi connectivity index (χ2v) is 9.32. The second kappa shape index (κ2) is 9.62. The van der Waals surface area contributed by atoms with Crippen LogP contribution in [0.25, 0.3) is 0 Å². The fourth-order valence-corrected chi connectivity index (χ4v) is 5.14. The highest BCUT2D eigenvalue weighted by molar-refractivity contribution is 5.84. The standard InChI is InChI=1S/C25H22F7NO4/c1-12(14-6-16(24(27,28)29)10-17(7-14)25(30,31)32)37-20-11-33-19(8-15(23(35)36)9-21(33)34)22(20)13-2-4-18(26)5-3-13/h2-7,10,12,15,19-20,22H,8-9,11H2,1H3,(H,35,36)/t12-,15?,19?,20+,22?/m1/s1. The molecule has 5 nitrogen and oxygen atoms in total. The van der Waals surface area contributed by atoms with Crippen molar-refractivity contribution in [1.82, 2.24) is 4.90 Å². The molecule has 2 aliphatic heterocycles. The lowest BCUT2D eigenvalue weighted by Crippen LogP contribution is -2.45. The average molecular weight is 533 g/mol. The van der Waals surface area contributed by atoms with Gasteiger partial charge in [-0.15, -0.1) is 0 Å². The molecule has 2 aromatic carbocycles. The first-order valence-electron chi connectivity index (χ1n) is 11.4. The summed E-state index contributed by atoms with van der Waals surface area (Å²) < 4.78 is 99.6. The van der Waals surface area contributed by atoms with Crippen molar-refractivity contribution in [2.75, 3.05) is 6.54 Å². The molecule has 1 amide bonds. The number of ether oxygens (including phenoxy) is 1. The van der Waals surface area contributed by atoms with E-state index in [1.165, 1.54) is 36.1 Å². The van der Waals surface area contributed by atoms with Gasteiger partial charge in [0.1, 0.15) is 5.82 Å². The van der Waals surface area contributed by atoms with Gasteiger partial charge in [0.15, 0.2) is 0 Å². The molecule has 37 heavy (non-hydrogen) atoms. The van der Waals surface area contributed by atoms with Crippen molar-refractivity contribution in [1.29, 1.82) is 0 Å². The molecule has 4 rings (SSSR count). The number of hydrogen-bond acceptors (Lipinski definition) is 3. The number of fused-ring (bicyclic) bond motifs is 1. The van der Waals surface area contributed by atoms with E-state index in [4.69, 9.17) is 4.74 Å². The molecule has 2 heterocycles. The topological polar surface area (TPSA) is 66.8 Å². The third-order valence-corrected chi connectivity index (χ3v) is 6.92. The van der Waals surface area contributed by atoms with Gasteiger partial charge in [-0.1, -0.05) is 12.1 Å². The Bertz CT molecular complexity index is 1150. The maximum Gasteiger partial charge on any atom is 0.416 e. The third kappa shape index (κ3) is 5.58. The summed E-state index contributed by atoms with van der Waals surface area (Å²) in [4.78, 5) is 25.8. The number of piperidine rings is 1. The van der Waals surface area contributed by atoms with Crippen molar-refractivity contribution in [3.8, 4) is 0 Å². The molecule has 5 atom stereocenters. The maximum absolute atomic E-state index is 13.6. The molecule has 1 N–H and O–H groups in total. The Balaban J connectivity index is 1.70. The summed E-state index contributed by atoms with van der Waals surface area (Å²) in [5, 5.41) is 9.48. The number of carboxylic acid groups (broad SMARTS) is 1. The van der Waals surface area contributed by atoms with Crippen LogP contribution in [0, 0.1) is 11.7 Å². The third-order valence-electron chi connectivity index (χ3n) is 6.92. The minimum absolute atomic E-state index is 0.0259. The van der Waals surface area contributed by atoms with Gasteiger partial charge in [0.25, 0.3) is 0 Å². The number of alkyl halides is 6. The first kappa shape index (κ1) is 26.9. The lowest BCUT2D eigenvalue weighted by Gasteiger charge is -2.35. The van der Waals surface area contributed by atoms with E-state index >= 15 is 0 Å². The van der Waals surface area contributed by atoms with Crippen molar-refractivity contribution in [3.05, 3.63) is 70.5 Å². The number of aliphatic carboxylic acids is 1. The van der Waals surface area contributed by atoms with Crippen LogP contribution in [-0.4, -0.2) is 40.6 Å². The molecule has 0 spiro atoms. The van der Waals surface area contributed by atoms with Crippen LogP contribution >= 0.6 is 0 Å². The molecule has 3 unspecified atom stereocenters. The quantitative estimate of drug-likeness (QED) is 0.494. The zero-order valence-electron chi connectivity index (χ0n) is 19.3. The number of carboxylic acids is 1. The number of carbonyl (C=O) groups is 2. The first-order valence-corrected chi connectivity index (χ1v) is 11.4. The number of nitrogens with zero attached hydrogens (tertiary/aromatic N) is 1. The van der Waals surface area contributed by atoms with Crippen LogP contribution in [0.1, 0.15) is 54.0 Å². The smallest absolute Gasteiger partial charge is 0.416 e. The van der Waals surface area contributed by atoms with Gasteiger partial charge in [-0.25, -0.2) is 4.39 Å². The van der Waals surface area contributed by atoms with Crippen LogP contribution in [0.15, 0.2) is 42.5 Å². The number of benzene rings is 2. The van der Waals surface area contributed by atoms with Gasteiger partial charge in [0, 0.05) is 24.9 Å². The van der Waals surface area contributed by atoms with Gasteiger partial charge in [0.2, 0.25) is 5.91 Å².